The minimum Gasteiger partial charge on any atom is -0.364 e. The molecule has 1 aliphatic rings. The highest BCUT2D eigenvalue weighted by atomic mass is 32.2. The molecule has 1 aromatic carbocycles. The summed E-state index contributed by atoms with van der Waals surface area (Å²) in [5, 5.41) is 12.1. The summed E-state index contributed by atoms with van der Waals surface area (Å²) < 4.78 is 28.2. The number of sulfone groups is 1. The number of anilines is 1. The average molecular weight is 417 g/mol. The maximum Gasteiger partial charge on any atom is 0.251 e. The molecule has 29 heavy (non-hydrogen) atoms. The highest BCUT2D eigenvalue weighted by Gasteiger charge is 2.31. The van der Waals surface area contributed by atoms with Crippen LogP contribution in [0.25, 0.3) is 11.0 Å². The molecule has 0 radical (unpaired) electrons. The highest BCUT2D eigenvalue weighted by molar-refractivity contribution is 7.90. The summed E-state index contributed by atoms with van der Waals surface area (Å²) in [7, 11) is -3.05. The lowest BCUT2D eigenvalue weighted by Gasteiger charge is -2.37. The quantitative estimate of drug-likeness (QED) is 0.679. The Labute approximate surface area is 169 Å². The van der Waals surface area contributed by atoms with Gasteiger partial charge in [0.25, 0.3) is 5.91 Å². The summed E-state index contributed by atoms with van der Waals surface area (Å²) in [5.41, 5.74) is 2.36. The number of amides is 1. The van der Waals surface area contributed by atoms with Gasteiger partial charge >= 0.3 is 0 Å². The topological polar surface area (TPSA) is 125 Å². The third-order valence-corrected chi connectivity index (χ3v) is 5.64. The van der Waals surface area contributed by atoms with Crippen LogP contribution in [0.1, 0.15) is 18.9 Å². The van der Waals surface area contributed by atoms with E-state index in [1.54, 1.807) is 18.5 Å². The molecule has 1 saturated heterocycles. The van der Waals surface area contributed by atoms with Crippen LogP contribution in [0.4, 0.5) is 5.69 Å². The van der Waals surface area contributed by atoms with E-state index < -0.39 is 15.9 Å². The number of ether oxygens (including phenoxy) is 1. The Bertz CT molecular complexity index is 1050. The van der Waals surface area contributed by atoms with Gasteiger partial charge in [0.05, 0.1) is 29.7 Å². The van der Waals surface area contributed by atoms with Crippen molar-refractivity contribution in [3.8, 4) is 6.07 Å². The first-order valence-electron chi connectivity index (χ1n) is 9.28. The van der Waals surface area contributed by atoms with Crippen molar-refractivity contribution in [3.05, 3.63) is 30.1 Å². The van der Waals surface area contributed by atoms with E-state index >= 15 is 0 Å². The number of aromatic nitrogens is 2. The van der Waals surface area contributed by atoms with Crippen molar-refractivity contribution >= 4 is 32.5 Å². The van der Waals surface area contributed by atoms with Crippen molar-refractivity contribution < 1.29 is 17.9 Å². The first-order chi connectivity index (χ1) is 13.8. The summed E-state index contributed by atoms with van der Waals surface area (Å²) >= 11 is 0. The predicted octanol–water partition coefficient (Wildman–Crippen LogP) is 0.646. The summed E-state index contributed by atoms with van der Waals surface area (Å²) in [4.78, 5) is 23.2. The van der Waals surface area contributed by atoms with Crippen LogP contribution in [-0.4, -0.2) is 68.1 Å². The van der Waals surface area contributed by atoms with Crippen molar-refractivity contribution in [2.45, 2.75) is 25.6 Å². The van der Waals surface area contributed by atoms with Crippen molar-refractivity contribution in [1.29, 1.82) is 5.26 Å². The minimum atomic E-state index is -3.05. The van der Waals surface area contributed by atoms with Gasteiger partial charge in [-0.3, -0.25) is 14.8 Å². The Morgan fingerprint density at radius 1 is 1.31 bits per heavy atom. The monoisotopic (exact) mass is 417 g/mol. The molecule has 2 atom stereocenters. The Morgan fingerprint density at radius 2 is 2.03 bits per heavy atom. The van der Waals surface area contributed by atoms with Crippen molar-refractivity contribution in [2.24, 2.45) is 0 Å². The van der Waals surface area contributed by atoms with Gasteiger partial charge in [0.1, 0.15) is 26.9 Å². The highest BCUT2D eigenvalue weighted by Crippen LogP contribution is 2.28. The normalized spacial score (nSPS) is 19.7. The molecule has 0 spiro atoms. The zero-order valence-corrected chi connectivity index (χ0v) is 17.1. The van der Waals surface area contributed by atoms with Crippen molar-refractivity contribution in [1.82, 2.24) is 15.3 Å². The maximum atomic E-state index is 12.5. The first-order valence-corrected chi connectivity index (χ1v) is 11.3. The molecule has 0 aliphatic carbocycles. The lowest BCUT2D eigenvalue weighted by molar-refractivity contribution is -0.137. The number of hydrogen-bond donors (Lipinski definition) is 1. The number of hydrogen-bond acceptors (Lipinski definition) is 8. The zero-order valence-electron chi connectivity index (χ0n) is 16.3. The summed E-state index contributed by atoms with van der Waals surface area (Å²) in [6.45, 7) is 3.04. The number of nitriles is 1. The molecular formula is C19H23N5O4S. The van der Waals surface area contributed by atoms with E-state index in [4.69, 9.17) is 4.74 Å². The van der Waals surface area contributed by atoms with E-state index in [1.807, 2.05) is 17.9 Å². The number of nitrogens with zero attached hydrogens (tertiary/aromatic N) is 4. The minimum absolute atomic E-state index is 0.0250. The van der Waals surface area contributed by atoms with Crippen molar-refractivity contribution in [3.63, 3.8) is 0 Å². The van der Waals surface area contributed by atoms with Crippen LogP contribution in [0.3, 0.4) is 0 Å². The number of morpholine rings is 1. The van der Waals surface area contributed by atoms with Gasteiger partial charge < -0.3 is 15.0 Å². The van der Waals surface area contributed by atoms with Gasteiger partial charge in [-0.15, -0.1) is 0 Å². The van der Waals surface area contributed by atoms with Gasteiger partial charge in [-0.05, 0) is 25.5 Å². The molecule has 1 aromatic heterocycles. The summed E-state index contributed by atoms with van der Waals surface area (Å²) in [6, 6.07) is 5.64. The van der Waals surface area contributed by atoms with Gasteiger partial charge in [-0.25, -0.2) is 8.42 Å². The van der Waals surface area contributed by atoms with Crippen LogP contribution >= 0.6 is 0 Å². The van der Waals surface area contributed by atoms with Crippen LogP contribution in [0, 0.1) is 11.3 Å². The van der Waals surface area contributed by atoms with Crippen LogP contribution in [0.2, 0.25) is 0 Å². The molecule has 2 aromatic rings. The van der Waals surface area contributed by atoms with Gasteiger partial charge in [-0.2, -0.15) is 5.26 Å². The Morgan fingerprint density at radius 3 is 2.72 bits per heavy atom. The predicted molar refractivity (Wildman–Crippen MR) is 108 cm³/mol. The van der Waals surface area contributed by atoms with Gasteiger partial charge in [0.2, 0.25) is 0 Å². The SMILES string of the molecule is C[C@@H]1CN(c2ccc(C#N)c3nccnc23)C[C@H](C(=O)NCCCS(C)(=O)=O)O1. The number of carbonyl (C=O) groups is 1. The Kier molecular flexibility index (Phi) is 6.30. The number of fused-ring (bicyclic) bond motifs is 1. The van der Waals surface area contributed by atoms with E-state index in [2.05, 4.69) is 21.4 Å². The number of carbonyl (C=O) groups excluding carboxylic acids is 1. The fourth-order valence-corrected chi connectivity index (χ4v) is 4.01. The molecule has 1 amide bonds. The maximum absolute atomic E-state index is 12.5. The van der Waals surface area contributed by atoms with Crippen LogP contribution < -0.4 is 10.2 Å². The fraction of sp³-hybridized carbons (Fsp3) is 0.474. The molecule has 0 saturated carbocycles. The summed E-state index contributed by atoms with van der Waals surface area (Å²) in [6.07, 6.45) is 3.75. The molecule has 3 rings (SSSR count). The van der Waals surface area contributed by atoms with E-state index in [9.17, 15) is 18.5 Å². The smallest absolute Gasteiger partial charge is 0.251 e. The Hall–Kier alpha value is -2.77. The van der Waals surface area contributed by atoms with E-state index in [-0.39, 0.29) is 24.3 Å². The molecule has 0 unspecified atom stereocenters. The average Bonchev–Trinajstić information content (AvgIpc) is 2.69. The summed E-state index contributed by atoms with van der Waals surface area (Å²) in [5.74, 6) is -0.254. The van der Waals surface area contributed by atoms with Crippen LogP contribution in [-0.2, 0) is 19.4 Å². The van der Waals surface area contributed by atoms with E-state index in [0.717, 1.165) is 5.69 Å². The van der Waals surface area contributed by atoms with Gasteiger partial charge in [-0.1, -0.05) is 0 Å². The van der Waals surface area contributed by atoms with Gasteiger partial charge in [0, 0.05) is 31.7 Å². The molecule has 2 heterocycles. The third kappa shape index (κ3) is 5.19. The first kappa shape index (κ1) is 21.0. The van der Waals surface area contributed by atoms with Crippen LogP contribution in [0.15, 0.2) is 24.5 Å². The molecule has 1 aliphatic heterocycles. The van der Waals surface area contributed by atoms with E-state index in [0.29, 0.717) is 36.1 Å². The second-order valence-corrected chi connectivity index (χ2v) is 9.37. The second-order valence-electron chi connectivity index (χ2n) is 7.11. The molecule has 10 heteroatoms. The largest absolute Gasteiger partial charge is 0.364 e. The molecule has 154 valence electrons. The van der Waals surface area contributed by atoms with Gasteiger partial charge in [0.15, 0.2) is 6.10 Å². The van der Waals surface area contributed by atoms with E-state index in [1.165, 1.54) is 6.26 Å². The molecule has 1 fully saturated rings. The molecular weight excluding hydrogens is 394 g/mol. The lowest BCUT2D eigenvalue weighted by atomic mass is 10.1. The Balaban J connectivity index is 1.74. The van der Waals surface area contributed by atoms with Crippen LogP contribution in [0.5, 0.6) is 0 Å². The fourth-order valence-electron chi connectivity index (χ4n) is 3.34. The third-order valence-electron chi connectivity index (χ3n) is 4.61. The lowest BCUT2D eigenvalue weighted by Crippen LogP contribution is -2.53. The molecule has 1 N–H and O–H groups in total. The zero-order chi connectivity index (χ0) is 21.0. The standard InChI is InChI=1S/C19H23N5O4S/c1-13-11-24(12-16(28-13)19(25)23-6-3-9-29(2,26)27)15-5-4-14(10-20)17-18(15)22-8-7-21-17/h4-5,7-8,13,16H,3,6,9,11-12H2,1-2H3,(H,23,25)/t13-,16-/m1/s1. The van der Waals surface area contributed by atoms with Crippen molar-refractivity contribution in [2.75, 3.05) is 36.5 Å². The number of rotatable bonds is 6. The molecule has 9 nitrogen and oxygen atoms in total. The second kappa shape index (κ2) is 8.71. The molecule has 0 bridgehead atoms. The number of benzene rings is 1. The number of nitrogens with one attached hydrogen (secondary N) is 1.